The predicted molar refractivity (Wildman–Crippen MR) is 107 cm³/mol. The van der Waals surface area contributed by atoms with Crippen LogP contribution in [0.5, 0.6) is 11.5 Å². The van der Waals surface area contributed by atoms with Crippen LogP contribution in [0.2, 0.25) is 5.02 Å². The van der Waals surface area contributed by atoms with Gasteiger partial charge >= 0.3 is 5.97 Å². The van der Waals surface area contributed by atoms with Crippen molar-refractivity contribution in [3.63, 3.8) is 0 Å². The maximum absolute atomic E-state index is 12.1. The number of ketones is 1. The molecule has 2 aromatic carbocycles. The van der Waals surface area contributed by atoms with Crippen molar-refractivity contribution in [3.05, 3.63) is 58.6 Å². The number of anilines is 1. The molecule has 0 spiro atoms. The third-order valence-electron chi connectivity index (χ3n) is 4.02. The highest BCUT2D eigenvalue weighted by Gasteiger charge is 2.17. The summed E-state index contributed by atoms with van der Waals surface area (Å²) in [6.45, 7) is 1.45. The van der Waals surface area contributed by atoms with E-state index in [1.807, 2.05) is 0 Å². The zero-order chi connectivity index (χ0) is 20.8. The molecule has 0 unspecified atom stereocenters. The largest absolute Gasteiger partial charge is 0.454 e. The summed E-state index contributed by atoms with van der Waals surface area (Å²) in [6.07, 6.45) is 3.07. The Morgan fingerprint density at radius 1 is 1.17 bits per heavy atom. The number of amides is 1. The topological polar surface area (TPSA) is 90.9 Å². The quantitative estimate of drug-likeness (QED) is 0.419. The van der Waals surface area contributed by atoms with Crippen LogP contribution >= 0.6 is 11.6 Å². The molecule has 0 saturated heterocycles. The number of carbonyl (C=O) groups is 3. The van der Waals surface area contributed by atoms with Gasteiger partial charge < -0.3 is 19.5 Å². The van der Waals surface area contributed by atoms with Gasteiger partial charge in [0, 0.05) is 23.7 Å². The van der Waals surface area contributed by atoms with Crippen molar-refractivity contribution in [2.75, 3.05) is 18.7 Å². The molecule has 0 aliphatic carbocycles. The second-order valence-corrected chi connectivity index (χ2v) is 6.49. The van der Waals surface area contributed by atoms with Gasteiger partial charge in [-0.1, -0.05) is 18.5 Å². The number of fused-ring (bicyclic) bond motifs is 1. The van der Waals surface area contributed by atoms with E-state index in [1.54, 1.807) is 43.3 Å². The van der Waals surface area contributed by atoms with E-state index < -0.39 is 12.6 Å². The molecule has 0 fully saturated rings. The van der Waals surface area contributed by atoms with Crippen LogP contribution in [0.25, 0.3) is 6.08 Å². The molecule has 3 rings (SSSR count). The smallest absolute Gasteiger partial charge is 0.331 e. The molecule has 0 saturated carbocycles. The Labute approximate surface area is 172 Å². The number of hydrogen-bond donors (Lipinski definition) is 1. The van der Waals surface area contributed by atoms with Gasteiger partial charge in [-0.2, -0.15) is 0 Å². The fraction of sp³-hybridized carbons (Fsp3) is 0.190. The molecule has 0 aromatic heterocycles. The Morgan fingerprint density at radius 3 is 2.66 bits per heavy atom. The molecule has 1 aliphatic heterocycles. The van der Waals surface area contributed by atoms with Crippen molar-refractivity contribution < 1.29 is 28.6 Å². The Morgan fingerprint density at radius 2 is 1.93 bits per heavy atom. The van der Waals surface area contributed by atoms with Crippen LogP contribution in [0, 0.1) is 0 Å². The van der Waals surface area contributed by atoms with Crippen LogP contribution in [-0.2, 0) is 14.3 Å². The van der Waals surface area contributed by atoms with Gasteiger partial charge in [-0.25, -0.2) is 4.79 Å². The number of nitrogens with one attached hydrogen (secondary N) is 1. The Hall–Kier alpha value is -3.32. The number of carbonyl (C=O) groups excluding carboxylic acids is 3. The number of benzene rings is 2. The van der Waals surface area contributed by atoms with Crippen LogP contribution in [0.4, 0.5) is 5.69 Å². The number of hydrogen-bond acceptors (Lipinski definition) is 6. The van der Waals surface area contributed by atoms with Gasteiger partial charge in [-0.05, 0) is 48.0 Å². The summed E-state index contributed by atoms with van der Waals surface area (Å²) in [4.78, 5) is 35.4. The lowest BCUT2D eigenvalue weighted by atomic mass is 10.1. The molecule has 2 aromatic rings. The second kappa shape index (κ2) is 9.25. The van der Waals surface area contributed by atoms with E-state index in [1.165, 1.54) is 12.2 Å². The SMILES string of the molecule is CCC(=O)Nc1ccc(C(=O)COC(=O)/C=C/c2cc(Cl)c3c(c2)OCO3)cc1. The van der Waals surface area contributed by atoms with E-state index in [4.69, 9.17) is 25.8 Å². The third kappa shape index (κ3) is 5.36. The predicted octanol–water partition coefficient (Wildman–Crippen LogP) is 3.86. The van der Waals surface area contributed by atoms with Crippen LogP contribution < -0.4 is 14.8 Å². The summed E-state index contributed by atoms with van der Waals surface area (Å²) < 4.78 is 15.5. The van der Waals surface area contributed by atoms with E-state index in [2.05, 4.69) is 5.32 Å². The van der Waals surface area contributed by atoms with Gasteiger partial charge in [0.15, 0.2) is 23.9 Å². The van der Waals surface area contributed by atoms with Crippen LogP contribution in [-0.4, -0.2) is 31.1 Å². The van der Waals surface area contributed by atoms with E-state index in [-0.39, 0.29) is 18.5 Å². The standard InChI is InChI=1S/C21H18ClNO6/c1-2-19(25)23-15-6-4-14(5-7-15)17(24)11-27-20(26)8-3-13-9-16(22)21-18(10-13)28-12-29-21/h3-10H,2,11-12H2,1H3,(H,23,25)/b8-3+. The zero-order valence-corrected chi connectivity index (χ0v) is 16.3. The molecule has 150 valence electrons. The Bertz CT molecular complexity index is 968. The van der Waals surface area contributed by atoms with Gasteiger partial charge in [0.1, 0.15) is 0 Å². The minimum atomic E-state index is -0.668. The number of halogens is 1. The summed E-state index contributed by atoms with van der Waals surface area (Å²) >= 11 is 6.08. The number of rotatable bonds is 7. The van der Waals surface area contributed by atoms with Gasteiger partial charge in [0.25, 0.3) is 0 Å². The van der Waals surface area contributed by atoms with Crippen molar-refractivity contribution in [2.45, 2.75) is 13.3 Å². The first-order valence-corrected chi connectivity index (χ1v) is 9.21. The minimum Gasteiger partial charge on any atom is -0.454 e. The fourth-order valence-electron chi connectivity index (χ4n) is 2.50. The molecule has 0 atom stereocenters. The Kier molecular flexibility index (Phi) is 6.51. The average Bonchev–Trinajstić information content (AvgIpc) is 3.20. The molecular weight excluding hydrogens is 398 g/mol. The van der Waals surface area contributed by atoms with Crippen LogP contribution in [0.3, 0.4) is 0 Å². The molecule has 7 nitrogen and oxygen atoms in total. The van der Waals surface area contributed by atoms with Crippen LogP contribution in [0.15, 0.2) is 42.5 Å². The molecule has 1 N–H and O–H groups in total. The van der Waals surface area contributed by atoms with Gasteiger partial charge in [-0.15, -0.1) is 0 Å². The number of Topliss-reactive ketones (excluding diaryl/α,β-unsaturated/α-hetero) is 1. The van der Waals surface area contributed by atoms with E-state index in [0.29, 0.717) is 39.8 Å². The highest BCUT2D eigenvalue weighted by Crippen LogP contribution is 2.40. The monoisotopic (exact) mass is 415 g/mol. The van der Waals surface area contributed by atoms with Crippen LogP contribution in [0.1, 0.15) is 29.3 Å². The maximum Gasteiger partial charge on any atom is 0.331 e. The molecule has 1 amide bonds. The molecule has 1 aliphatic rings. The first-order chi connectivity index (χ1) is 14.0. The lowest BCUT2D eigenvalue weighted by Crippen LogP contribution is -2.13. The highest BCUT2D eigenvalue weighted by atomic mass is 35.5. The average molecular weight is 416 g/mol. The van der Waals surface area contributed by atoms with E-state index in [0.717, 1.165) is 0 Å². The number of esters is 1. The highest BCUT2D eigenvalue weighted by molar-refractivity contribution is 6.32. The second-order valence-electron chi connectivity index (χ2n) is 6.08. The molecule has 0 bridgehead atoms. The summed E-state index contributed by atoms with van der Waals surface area (Å²) in [5, 5.41) is 3.07. The summed E-state index contributed by atoms with van der Waals surface area (Å²) in [5.41, 5.74) is 1.60. The summed E-state index contributed by atoms with van der Waals surface area (Å²) in [7, 11) is 0. The maximum atomic E-state index is 12.1. The van der Waals surface area contributed by atoms with Crippen molar-refractivity contribution in [1.29, 1.82) is 0 Å². The summed E-state index contributed by atoms with van der Waals surface area (Å²) in [6, 6.07) is 9.67. The lowest BCUT2D eigenvalue weighted by Gasteiger charge is -2.05. The molecule has 1 heterocycles. The van der Waals surface area contributed by atoms with Crippen molar-refractivity contribution in [2.24, 2.45) is 0 Å². The Balaban J connectivity index is 1.52. The minimum absolute atomic E-state index is 0.0956. The van der Waals surface area contributed by atoms with Gasteiger partial charge in [0.05, 0.1) is 5.02 Å². The van der Waals surface area contributed by atoms with Crippen molar-refractivity contribution in [3.8, 4) is 11.5 Å². The first kappa shape index (κ1) is 20.4. The summed E-state index contributed by atoms with van der Waals surface area (Å²) in [5.74, 6) is -0.171. The zero-order valence-electron chi connectivity index (χ0n) is 15.6. The third-order valence-corrected chi connectivity index (χ3v) is 4.30. The van der Waals surface area contributed by atoms with Crippen molar-refractivity contribution >= 4 is 41.0 Å². The normalized spacial score (nSPS) is 12.1. The van der Waals surface area contributed by atoms with E-state index in [9.17, 15) is 14.4 Å². The van der Waals surface area contributed by atoms with Gasteiger partial charge in [0.2, 0.25) is 12.7 Å². The lowest BCUT2D eigenvalue weighted by molar-refractivity contribution is -0.136. The molecular formula is C21H18ClNO6. The molecule has 29 heavy (non-hydrogen) atoms. The van der Waals surface area contributed by atoms with Gasteiger partial charge in [-0.3, -0.25) is 9.59 Å². The number of ether oxygens (including phenoxy) is 3. The van der Waals surface area contributed by atoms with Crippen molar-refractivity contribution in [1.82, 2.24) is 0 Å². The first-order valence-electron chi connectivity index (χ1n) is 8.83. The molecule has 0 radical (unpaired) electrons. The molecule has 8 heteroatoms. The fourth-order valence-corrected chi connectivity index (χ4v) is 2.78. The van der Waals surface area contributed by atoms with E-state index >= 15 is 0 Å².